The van der Waals surface area contributed by atoms with Crippen molar-refractivity contribution < 1.29 is 98.1 Å². The molecule has 4 aliphatic rings. The van der Waals surface area contributed by atoms with Crippen LogP contribution in [0, 0.1) is 17.8 Å². The Bertz CT molecular complexity index is 1120. The first kappa shape index (κ1) is 45.3. The van der Waals surface area contributed by atoms with Crippen molar-refractivity contribution in [2.45, 2.75) is 125 Å². The van der Waals surface area contributed by atoms with Gasteiger partial charge in [0.1, 0.15) is 61.0 Å². The van der Waals surface area contributed by atoms with Gasteiger partial charge in [0.05, 0.1) is 95.6 Å². The van der Waals surface area contributed by atoms with Gasteiger partial charge < -0.3 is 98.1 Å². The van der Waals surface area contributed by atoms with Gasteiger partial charge in [-0.1, -0.05) is 0 Å². The van der Waals surface area contributed by atoms with Crippen LogP contribution in [0.25, 0.3) is 0 Å². The molecule has 0 bridgehead atoms. The second-order valence-corrected chi connectivity index (χ2v) is 14.6. The number of rotatable bonds is 17. The number of hydrogen-bond donors (Lipinski definition) is 8. The molecule has 20 nitrogen and oxygen atoms in total. The van der Waals surface area contributed by atoms with Crippen LogP contribution in [0.15, 0.2) is 0 Å². The number of carboxylic acid groups (broad SMARTS) is 1. The van der Waals surface area contributed by atoms with E-state index in [4.69, 9.17) is 42.6 Å². The van der Waals surface area contributed by atoms with Crippen molar-refractivity contribution in [3.05, 3.63) is 0 Å². The summed E-state index contributed by atoms with van der Waals surface area (Å²) >= 11 is 0. The molecule has 0 aromatic heterocycles. The molecule has 8 N–H and O–H groups in total. The molecule has 0 aromatic carbocycles. The number of carbonyl (C=O) groups excluding carboxylic acids is 1. The van der Waals surface area contributed by atoms with E-state index in [0.717, 1.165) is 0 Å². The third-order valence-electron chi connectivity index (χ3n) is 10.9. The fourth-order valence-electron chi connectivity index (χ4n) is 7.57. The van der Waals surface area contributed by atoms with E-state index in [1.807, 2.05) is 0 Å². The van der Waals surface area contributed by atoms with Crippen LogP contribution in [0.5, 0.6) is 0 Å². The Morgan fingerprint density at radius 3 is 1.13 bits per heavy atom. The second-order valence-electron chi connectivity index (χ2n) is 14.6. The Hall–Kier alpha value is -1.41. The normalized spacial score (nSPS) is 45.9. The molecule has 0 aliphatic carbocycles. The van der Waals surface area contributed by atoms with E-state index >= 15 is 0 Å². The van der Waals surface area contributed by atoms with Gasteiger partial charge in [-0.15, -0.1) is 0 Å². The van der Waals surface area contributed by atoms with Crippen molar-refractivity contribution >= 4 is 6.16 Å². The quantitative estimate of drug-likeness (QED) is 0.0640. The van der Waals surface area contributed by atoms with Gasteiger partial charge in [-0.05, 0) is 20.8 Å². The summed E-state index contributed by atoms with van der Waals surface area (Å²) in [7, 11) is 2.80. The maximum Gasteiger partial charge on any atom is 0.252 e. The minimum Gasteiger partial charge on any atom is -0.541 e. The van der Waals surface area contributed by atoms with Crippen LogP contribution < -0.4 is 5.11 Å². The zero-order valence-electron chi connectivity index (χ0n) is 31.2. The molecule has 0 spiro atoms. The van der Waals surface area contributed by atoms with Crippen LogP contribution in [0.2, 0.25) is 0 Å². The molecule has 4 fully saturated rings. The van der Waals surface area contributed by atoms with E-state index in [1.165, 1.54) is 14.2 Å². The predicted octanol–water partition coefficient (Wildman–Crippen LogP) is -5.08. The lowest BCUT2D eigenvalue weighted by atomic mass is 9.87. The van der Waals surface area contributed by atoms with Gasteiger partial charge in [-0.25, -0.2) is 0 Å². The van der Waals surface area contributed by atoms with Crippen LogP contribution in [-0.4, -0.2) is 218 Å². The maximum atomic E-state index is 10.9. The standard InChI is InChI=1S/C34H60O20/c1-14-17(25(35)28(38)20(50-14)9-45-4)6-47-11-21-29(39)26(36)18(15(2)51-21)7-48-12-22-30(40)27(37)19(16(3)52-22)8-49-13-23-31(41)32(42)33(54-34(43)44)24(53-23)10-46-5/h14-33,35-42H,6-13H2,1-5H3,(H,43,44)/p-1/t14?,15?,16?,17-,18-,19-,20+,21+,22+,23+,24?,25-,26-,27-,28?,29?,30?,31?,32+,33-/m1/s1. The Balaban J connectivity index is 1.19. The smallest absolute Gasteiger partial charge is 0.252 e. The van der Waals surface area contributed by atoms with Gasteiger partial charge in [0, 0.05) is 32.0 Å². The van der Waals surface area contributed by atoms with E-state index in [-0.39, 0.29) is 52.9 Å². The van der Waals surface area contributed by atoms with Crippen molar-refractivity contribution in [2.24, 2.45) is 17.8 Å². The largest absolute Gasteiger partial charge is 0.541 e. The Morgan fingerprint density at radius 2 is 0.778 bits per heavy atom. The average molecular weight is 788 g/mol. The average Bonchev–Trinajstić information content (AvgIpc) is 3.12. The van der Waals surface area contributed by atoms with E-state index in [2.05, 4.69) is 4.74 Å². The number of aliphatic hydroxyl groups excluding tert-OH is 8. The van der Waals surface area contributed by atoms with Gasteiger partial charge in [-0.2, -0.15) is 0 Å². The number of hydrogen-bond acceptors (Lipinski definition) is 20. The minimum absolute atomic E-state index is 0.00576. The molecule has 0 aromatic rings. The highest BCUT2D eigenvalue weighted by atomic mass is 16.7. The van der Waals surface area contributed by atoms with Crippen molar-refractivity contribution in [1.82, 2.24) is 0 Å². The summed E-state index contributed by atoms with van der Waals surface area (Å²) in [6.07, 6.45) is -20.5. The lowest BCUT2D eigenvalue weighted by Gasteiger charge is -2.45. The first-order chi connectivity index (χ1) is 25.6. The summed E-state index contributed by atoms with van der Waals surface area (Å²) in [5.41, 5.74) is 0. The van der Waals surface area contributed by atoms with Crippen molar-refractivity contribution in [3.63, 3.8) is 0 Å². The molecular formula is C34H59O20-. The number of ether oxygens (including phenoxy) is 10. The van der Waals surface area contributed by atoms with Gasteiger partial charge >= 0.3 is 0 Å². The van der Waals surface area contributed by atoms with Gasteiger partial charge in [0.15, 0.2) is 0 Å². The molecular weight excluding hydrogens is 728 g/mol. The summed E-state index contributed by atoms with van der Waals surface area (Å²) < 4.78 is 55.2. The summed E-state index contributed by atoms with van der Waals surface area (Å²) in [4.78, 5) is 10.9. The van der Waals surface area contributed by atoms with E-state index in [9.17, 15) is 50.8 Å². The monoisotopic (exact) mass is 787 g/mol. The molecule has 54 heavy (non-hydrogen) atoms. The molecule has 0 amide bonds. The van der Waals surface area contributed by atoms with Crippen LogP contribution in [0.3, 0.4) is 0 Å². The fourth-order valence-corrected chi connectivity index (χ4v) is 7.57. The fraction of sp³-hybridized carbons (Fsp3) is 0.971. The third-order valence-corrected chi connectivity index (χ3v) is 10.9. The lowest BCUT2D eigenvalue weighted by Crippen LogP contribution is -2.61. The molecule has 0 saturated carbocycles. The molecule has 316 valence electrons. The van der Waals surface area contributed by atoms with E-state index in [0.29, 0.717) is 0 Å². The first-order valence-corrected chi connectivity index (χ1v) is 18.3. The van der Waals surface area contributed by atoms with E-state index < -0.39 is 128 Å². The highest BCUT2D eigenvalue weighted by molar-refractivity contribution is 5.54. The lowest BCUT2D eigenvalue weighted by molar-refractivity contribution is -0.311. The van der Waals surface area contributed by atoms with Crippen molar-refractivity contribution in [1.29, 1.82) is 0 Å². The zero-order chi connectivity index (χ0) is 39.9. The second kappa shape index (κ2) is 20.8. The molecule has 4 heterocycles. The first-order valence-electron chi connectivity index (χ1n) is 18.3. The van der Waals surface area contributed by atoms with Crippen molar-refractivity contribution in [3.8, 4) is 0 Å². The maximum absolute atomic E-state index is 10.9. The number of methoxy groups -OCH3 is 2. The highest BCUT2D eigenvalue weighted by Gasteiger charge is 2.48. The summed E-state index contributed by atoms with van der Waals surface area (Å²) in [5.74, 6) is -1.93. The Morgan fingerprint density at radius 1 is 0.463 bits per heavy atom. The molecule has 4 aliphatic heterocycles. The molecule has 4 rings (SSSR count). The topological polar surface area (TPSA) is 294 Å². The number of aliphatic hydroxyl groups is 8. The molecule has 20 heteroatoms. The Kier molecular flexibility index (Phi) is 17.5. The van der Waals surface area contributed by atoms with Gasteiger partial charge in [0.2, 0.25) is 0 Å². The van der Waals surface area contributed by atoms with Gasteiger partial charge in [-0.3, -0.25) is 0 Å². The highest BCUT2D eigenvalue weighted by Crippen LogP contribution is 2.31. The summed E-state index contributed by atoms with van der Waals surface area (Å²) in [6, 6.07) is 0. The number of carbonyl (C=O) groups is 1. The zero-order valence-corrected chi connectivity index (χ0v) is 31.2. The molecule has 20 atom stereocenters. The van der Waals surface area contributed by atoms with Crippen LogP contribution in [-0.2, 0) is 47.4 Å². The van der Waals surface area contributed by atoms with Gasteiger partial charge in [0.25, 0.3) is 6.16 Å². The van der Waals surface area contributed by atoms with E-state index in [1.54, 1.807) is 20.8 Å². The molecule has 8 unspecified atom stereocenters. The minimum atomic E-state index is -1.90. The predicted molar refractivity (Wildman–Crippen MR) is 177 cm³/mol. The van der Waals surface area contributed by atoms with Crippen molar-refractivity contribution in [2.75, 3.05) is 67.1 Å². The Labute approximate surface area is 313 Å². The molecule has 0 radical (unpaired) electrons. The SMILES string of the molecule is COCC1O[C@@H](COC[C@@H]2C(C)O[C@@H](COC[C@@H]3C(C)O[C@@H](COC[C@@H]4C(C)O[C@@H](COC)C(O)[C@@H]4O)C(O)[C@@H]3O)C(O)[C@@H]2O)C(O)[C@H](O)[C@@H]1OC(=O)[O-]. The van der Waals surface area contributed by atoms with Crippen LogP contribution in [0.1, 0.15) is 20.8 Å². The molecule has 4 saturated heterocycles. The van der Waals surface area contributed by atoms with Crippen LogP contribution in [0.4, 0.5) is 4.79 Å². The van der Waals surface area contributed by atoms with Crippen LogP contribution >= 0.6 is 0 Å². The summed E-state index contributed by atoms with van der Waals surface area (Å²) in [5, 5.41) is 96.5. The third kappa shape index (κ3) is 11.0. The summed E-state index contributed by atoms with van der Waals surface area (Å²) in [6.45, 7) is 4.36.